The van der Waals surface area contributed by atoms with Crippen LogP contribution in [0.15, 0.2) is 121 Å². The maximum atomic E-state index is 15.2. The van der Waals surface area contributed by atoms with Crippen molar-refractivity contribution in [1.82, 2.24) is 41.8 Å². The van der Waals surface area contributed by atoms with E-state index in [1.165, 1.54) is 26.1 Å². The highest BCUT2D eigenvalue weighted by molar-refractivity contribution is 8.76. The lowest BCUT2D eigenvalue weighted by Crippen LogP contribution is -2.62. The first-order valence-corrected chi connectivity index (χ1v) is 29.9. The minimum absolute atomic E-state index is 0.00977. The molecule has 24 heteroatoms. The predicted octanol–water partition coefficient (Wildman–Crippen LogP) is 3.00. The Morgan fingerprint density at radius 1 is 0.747 bits per heavy atom. The van der Waals surface area contributed by atoms with Crippen molar-refractivity contribution < 1.29 is 53.7 Å². The number of carbonyl (C=O) groups excluding carboxylic acids is 7. The van der Waals surface area contributed by atoms with Gasteiger partial charge in [0.1, 0.15) is 48.0 Å². The quantitative estimate of drug-likeness (QED) is 0.0435. The number of phenolic OH excluding ortho intramolecular Hbond substituents is 1. The second-order valence-electron chi connectivity index (χ2n) is 20.4. The Morgan fingerprint density at radius 2 is 1.41 bits per heavy atom. The van der Waals surface area contributed by atoms with Crippen molar-refractivity contribution in [3.05, 3.63) is 149 Å². The second kappa shape index (κ2) is 30.0. The summed E-state index contributed by atoms with van der Waals surface area (Å²) in [7, 11) is 3.31. The lowest BCUT2D eigenvalue weighted by Gasteiger charge is -2.33. The predicted molar refractivity (Wildman–Crippen MR) is 320 cm³/mol. The maximum absolute atomic E-state index is 15.2. The van der Waals surface area contributed by atoms with Crippen LogP contribution in [0.25, 0.3) is 21.7 Å². The summed E-state index contributed by atoms with van der Waals surface area (Å²) in [5.41, 5.74) is 15.4. The van der Waals surface area contributed by atoms with Gasteiger partial charge >= 0.3 is 5.97 Å². The van der Waals surface area contributed by atoms with Gasteiger partial charge < -0.3 is 68.6 Å². The SMILES string of the molecule is C[C@@H](O)[C@@H]1NC(=O)[C@H](CCCCN)N(C)C(=O)[C@@H](Cc2c[nH]c3ccccc23)NC(=O)[C@H](Cc2ccc(O)cc2)NC(=O)[C@H](NC(=O)[C@@H](N)Cc2ccc(Cl)cc2)CSSC[C@@H](C(=O)N[C@@H](Cc2ccc3ccccc3c2)C(=O)O)NC1=O. The number of aliphatic hydroxyl groups excluding tert-OH is 1. The molecule has 1 fully saturated rings. The number of nitrogens with zero attached hydrogens (tertiary/aromatic N) is 1. The average Bonchev–Trinajstić information content (AvgIpc) is 4.18. The second-order valence-corrected chi connectivity index (χ2v) is 23.4. The van der Waals surface area contributed by atoms with Crippen LogP contribution in [0.3, 0.4) is 0 Å². The fourth-order valence-electron chi connectivity index (χ4n) is 9.56. The van der Waals surface area contributed by atoms with E-state index in [1.807, 2.05) is 48.5 Å². The number of aliphatic carboxylic acids is 1. The van der Waals surface area contributed by atoms with Gasteiger partial charge in [0.15, 0.2) is 0 Å². The van der Waals surface area contributed by atoms with E-state index in [0.717, 1.165) is 48.2 Å². The van der Waals surface area contributed by atoms with E-state index in [1.54, 1.807) is 60.8 Å². The molecular weight excluding hydrogens is 1120 g/mol. The third kappa shape index (κ3) is 17.7. The van der Waals surface area contributed by atoms with Crippen LogP contribution >= 0.6 is 33.2 Å². The summed E-state index contributed by atoms with van der Waals surface area (Å²) in [6, 6.07) is 21.1. The number of aromatic hydroxyl groups is 1. The molecule has 0 aliphatic carbocycles. The molecule has 0 unspecified atom stereocenters. The number of carboxylic acids is 1. The third-order valence-electron chi connectivity index (χ3n) is 14.2. The zero-order chi connectivity index (χ0) is 59.7. The number of halogens is 1. The number of H-pyrrole nitrogens is 1. The van der Waals surface area contributed by atoms with Crippen LogP contribution < -0.4 is 43.4 Å². The summed E-state index contributed by atoms with van der Waals surface area (Å²) in [4.78, 5) is 120. The molecule has 83 heavy (non-hydrogen) atoms. The number of rotatable bonds is 18. The zero-order valence-electron chi connectivity index (χ0n) is 45.7. The van der Waals surface area contributed by atoms with E-state index in [9.17, 15) is 48.9 Å². The van der Waals surface area contributed by atoms with Crippen LogP contribution in [0.5, 0.6) is 5.75 Å². The molecule has 1 saturated heterocycles. The Kier molecular flexibility index (Phi) is 22.8. The van der Waals surface area contributed by atoms with E-state index >= 15 is 4.79 Å². The van der Waals surface area contributed by atoms with Gasteiger partial charge in [-0.2, -0.15) is 0 Å². The molecule has 440 valence electrons. The van der Waals surface area contributed by atoms with Crippen LogP contribution in [0.4, 0.5) is 0 Å². The van der Waals surface area contributed by atoms with Gasteiger partial charge in [-0.15, -0.1) is 0 Å². The van der Waals surface area contributed by atoms with Gasteiger partial charge in [-0.25, -0.2) is 4.79 Å². The van der Waals surface area contributed by atoms with E-state index in [4.69, 9.17) is 23.1 Å². The van der Waals surface area contributed by atoms with E-state index in [2.05, 4.69) is 36.9 Å². The van der Waals surface area contributed by atoms with Gasteiger partial charge in [0.25, 0.3) is 0 Å². The number of aromatic nitrogens is 1. The minimum atomic E-state index is -1.74. The molecular formula is C59H69ClN10O11S2. The molecule has 2 heterocycles. The van der Waals surface area contributed by atoms with Crippen molar-refractivity contribution >= 4 is 102 Å². The molecule has 0 bridgehead atoms. The van der Waals surface area contributed by atoms with E-state index < -0.39 is 102 Å². The van der Waals surface area contributed by atoms with Gasteiger partial charge in [-0.05, 0) is 103 Å². The molecule has 0 radical (unpaired) electrons. The molecule has 14 N–H and O–H groups in total. The lowest BCUT2D eigenvalue weighted by molar-refractivity contribution is -0.144. The summed E-state index contributed by atoms with van der Waals surface area (Å²) in [5, 5.41) is 50.8. The highest BCUT2D eigenvalue weighted by atomic mass is 35.5. The molecule has 7 rings (SSSR count). The number of hydrogen-bond acceptors (Lipinski definition) is 14. The molecule has 5 aromatic carbocycles. The van der Waals surface area contributed by atoms with Gasteiger partial charge in [0, 0.05) is 59.9 Å². The summed E-state index contributed by atoms with van der Waals surface area (Å²) in [6.07, 6.45) is 0.446. The molecule has 9 atom stereocenters. The zero-order valence-corrected chi connectivity index (χ0v) is 48.1. The first-order chi connectivity index (χ1) is 39.8. The molecule has 1 aromatic heterocycles. The topological polar surface area (TPSA) is 340 Å². The largest absolute Gasteiger partial charge is 0.508 e. The smallest absolute Gasteiger partial charge is 0.326 e. The number of phenols is 1. The molecule has 7 amide bonds. The number of para-hydroxylation sites is 1. The Bertz CT molecular complexity index is 3260. The fourth-order valence-corrected chi connectivity index (χ4v) is 12.0. The summed E-state index contributed by atoms with van der Waals surface area (Å²) < 4.78 is 0. The minimum Gasteiger partial charge on any atom is -0.508 e. The normalized spacial score (nSPS) is 20.9. The standard InChI is InChI=1S/C59H69ClN10O11S2/c1-33(71)51-57(78)68-49(55(76)66-47(59(80)81)28-36-14-19-37-9-3-4-10-38(37)25-36)32-83-82-31-48(67-52(73)43(62)26-34-15-20-40(60)21-16-34)54(75)64-45(27-35-17-22-41(72)23-18-35)53(74)65-46(29-39-30-63-44-12-6-5-11-42(39)44)58(79)70(2)50(56(77)69-51)13-7-8-24-61/h3-6,9-12,14-23,25,30,33,43,45-51,63,71-72H,7-8,13,24,26-29,31-32,61-62H2,1-2H3,(H,64,75)(H,65,74)(H,66,76)(H,67,73)(H,68,78)(H,69,77)(H,80,81)/t33-,43+,45+,46-,47+,48-,49+,50+,51+/m1/s1. The van der Waals surface area contributed by atoms with Crippen molar-refractivity contribution in [3.63, 3.8) is 0 Å². The number of hydrogen-bond donors (Lipinski definition) is 12. The number of amides is 7. The van der Waals surface area contributed by atoms with Gasteiger partial charge in [0.2, 0.25) is 41.4 Å². The third-order valence-corrected chi connectivity index (χ3v) is 16.9. The number of nitrogens with two attached hydrogens (primary N) is 2. The molecule has 21 nitrogen and oxygen atoms in total. The van der Waals surface area contributed by atoms with Crippen LogP contribution in [-0.2, 0) is 64.0 Å². The summed E-state index contributed by atoms with van der Waals surface area (Å²) >= 11 is 6.10. The first kappa shape index (κ1) is 62.9. The molecule has 6 aromatic rings. The Morgan fingerprint density at radius 3 is 2.12 bits per heavy atom. The van der Waals surface area contributed by atoms with Crippen LogP contribution in [-0.4, -0.2) is 152 Å². The summed E-state index contributed by atoms with van der Waals surface area (Å²) in [5.74, 6) is -8.00. The number of carboxylic acid groups (broad SMARTS) is 1. The fraction of sp³-hybridized carbons (Fsp3) is 0.356. The van der Waals surface area contributed by atoms with Crippen LogP contribution in [0, 0.1) is 0 Å². The Labute approximate surface area is 492 Å². The van der Waals surface area contributed by atoms with Crippen LogP contribution in [0.1, 0.15) is 48.4 Å². The number of carbonyl (C=O) groups is 8. The first-order valence-electron chi connectivity index (χ1n) is 27.0. The Balaban J connectivity index is 1.27. The van der Waals surface area contributed by atoms with Gasteiger partial charge in [0.05, 0.1) is 12.1 Å². The number of unbranched alkanes of at least 4 members (excludes halogenated alkanes) is 1. The number of aromatic amines is 1. The molecule has 0 saturated carbocycles. The van der Waals surface area contributed by atoms with Crippen molar-refractivity contribution in [3.8, 4) is 5.75 Å². The maximum Gasteiger partial charge on any atom is 0.326 e. The number of benzene rings is 5. The average molecular weight is 1190 g/mol. The van der Waals surface area contributed by atoms with Crippen molar-refractivity contribution in [1.29, 1.82) is 0 Å². The lowest BCUT2D eigenvalue weighted by atomic mass is 9.99. The Hall–Kier alpha value is -7.67. The van der Waals surface area contributed by atoms with E-state index in [0.29, 0.717) is 40.1 Å². The highest BCUT2D eigenvalue weighted by Crippen LogP contribution is 2.26. The molecule has 1 aliphatic rings. The number of fused-ring (bicyclic) bond motifs is 2. The molecule has 1 aliphatic heterocycles. The highest BCUT2D eigenvalue weighted by Gasteiger charge is 2.39. The van der Waals surface area contributed by atoms with Gasteiger partial charge in [-0.3, -0.25) is 33.6 Å². The summed E-state index contributed by atoms with van der Waals surface area (Å²) in [6.45, 7) is 1.48. The van der Waals surface area contributed by atoms with E-state index in [-0.39, 0.29) is 55.9 Å². The molecule has 0 spiro atoms. The van der Waals surface area contributed by atoms with Gasteiger partial charge in [-0.1, -0.05) is 118 Å². The van der Waals surface area contributed by atoms with Crippen molar-refractivity contribution in [2.45, 2.75) is 106 Å². The van der Waals surface area contributed by atoms with Crippen molar-refractivity contribution in [2.24, 2.45) is 11.5 Å². The monoisotopic (exact) mass is 1190 g/mol. The van der Waals surface area contributed by atoms with Crippen molar-refractivity contribution in [2.75, 3.05) is 25.1 Å². The number of likely N-dealkylation sites (N-methyl/N-ethyl adjacent to an activating group) is 1. The van der Waals surface area contributed by atoms with Crippen LogP contribution in [0.2, 0.25) is 5.02 Å². The number of aliphatic hydroxyl groups is 1. The number of nitrogens with one attached hydrogen (secondary N) is 7.